The molecule has 4 rings (SSSR count). The second-order valence-corrected chi connectivity index (χ2v) is 7.28. The highest BCUT2D eigenvalue weighted by atomic mass is 16.5. The first-order chi connectivity index (χ1) is 13.4. The van der Waals surface area contributed by atoms with E-state index in [1.54, 1.807) is 17.0 Å². The van der Waals surface area contributed by atoms with Crippen LogP contribution in [0, 0.1) is 0 Å². The second-order valence-electron chi connectivity index (χ2n) is 7.28. The average Bonchev–Trinajstić information content (AvgIpc) is 3.29. The Kier molecular flexibility index (Phi) is 4.26. The molecule has 3 aromatic heterocycles. The number of fused-ring (bicyclic) bond motifs is 1. The average molecular weight is 377 g/mol. The molecule has 142 valence electrons. The van der Waals surface area contributed by atoms with Crippen LogP contribution in [0.1, 0.15) is 26.5 Å². The third-order valence-corrected chi connectivity index (χ3v) is 4.06. The van der Waals surface area contributed by atoms with Gasteiger partial charge >= 0.3 is 6.03 Å². The first-order valence-corrected chi connectivity index (χ1v) is 8.70. The number of amides is 2. The smallest absolute Gasteiger partial charge is 0.325 e. The van der Waals surface area contributed by atoms with E-state index in [1.165, 1.54) is 12.4 Å². The topological polar surface area (TPSA) is 111 Å². The van der Waals surface area contributed by atoms with Crippen molar-refractivity contribution in [2.75, 3.05) is 10.6 Å². The van der Waals surface area contributed by atoms with Gasteiger partial charge in [-0.1, -0.05) is 38.1 Å². The van der Waals surface area contributed by atoms with Crippen molar-refractivity contribution < 1.29 is 9.32 Å². The molecule has 0 saturated heterocycles. The molecule has 0 bridgehead atoms. The van der Waals surface area contributed by atoms with Crippen molar-refractivity contribution in [2.45, 2.75) is 26.2 Å². The van der Waals surface area contributed by atoms with Crippen molar-refractivity contribution in [2.24, 2.45) is 0 Å². The number of hydrogen-bond donors (Lipinski definition) is 2. The van der Waals surface area contributed by atoms with E-state index in [1.807, 2.05) is 45.0 Å². The van der Waals surface area contributed by atoms with Crippen LogP contribution >= 0.6 is 0 Å². The Hall–Kier alpha value is -3.75. The predicted molar refractivity (Wildman–Crippen MR) is 105 cm³/mol. The molecule has 0 fully saturated rings. The molecule has 28 heavy (non-hydrogen) atoms. The Morgan fingerprint density at radius 2 is 1.82 bits per heavy atom. The number of para-hydroxylation sites is 2. The van der Waals surface area contributed by atoms with E-state index in [9.17, 15) is 4.79 Å². The molecule has 1 aromatic carbocycles. The number of nitrogens with one attached hydrogen (secondary N) is 2. The SMILES string of the molecule is CC(C)(C)c1cc(NC(=O)Nc2cnc(-n3cnc4ccccc43)nc2)no1. The number of imidazole rings is 1. The Bertz CT molecular complexity index is 1120. The van der Waals surface area contributed by atoms with Crippen molar-refractivity contribution >= 4 is 28.6 Å². The molecule has 2 N–H and O–H groups in total. The predicted octanol–water partition coefficient (Wildman–Crippen LogP) is 3.75. The lowest BCUT2D eigenvalue weighted by Gasteiger charge is -2.12. The maximum absolute atomic E-state index is 12.2. The Balaban J connectivity index is 1.44. The minimum absolute atomic E-state index is 0.190. The Morgan fingerprint density at radius 1 is 1.07 bits per heavy atom. The summed E-state index contributed by atoms with van der Waals surface area (Å²) in [6.45, 7) is 6.00. The van der Waals surface area contributed by atoms with E-state index >= 15 is 0 Å². The van der Waals surface area contributed by atoms with E-state index in [0.29, 0.717) is 23.2 Å². The number of nitrogens with zero attached hydrogens (tertiary/aromatic N) is 5. The molecule has 9 heteroatoms. The van der Waals surface area contributed by atoms with Crippen LogP contribution in [0.4, 0.5) is 16.3 Å². The summed E-state index contributed by atoms with van der Waals surface area (Å²) in [6.07, 6.45) is 4.72. The summed E-state index contributed by atoms with van der Waals surface area (Å²) in [5.74, 6) is 1.49. The minimum Gasteiger partial charge on any atom is -0.359 e. The van der Waals surface area contributed by atoms with Gasteiger partial charge in [-0.3, -0.25) is 9.88 Å². The van der Waals surface area contributed by atoms with Gasteiger partial charge in [-0.2, -0.15) is 0 Å². The molecule has 0 aliphatic rings. The number of hydrogen-bond acceptors (Lipinski definition) is 6. The number of carbonyl (C=O) groups excluding carboxylic acids is 1. The number of aromatic nitrogens is 5. The quantitative estimate of drug-likeness (QED) is 0.562. The van der Waals surface area contributed by atoms with Crippen molar-refractivity contribution in [1.29, 1.82) is 0 Å². The van der Waals surface area contributed by atoms with Gasteiger partial charge in [0.05, 0.1) is 29.1 Å². The first kappa shape index (κ1) is 17.7. The Morgan fingerprint density at radius 3 is 2.54 bits per heavy atom. The molecule has 0 saturated carbocycles. The van der Waals surface area contributed by atoms with Crippen LogP contribution in [0.15, 0.2) is 53.6 Å². The number of rotatable bonds is 3. The van der Waals surface area contributed by atoms with Gasteiger partial charge in [0.1, 0.15) is 12.1 Å². The van der Waals surface area contributed by atoms with Gasteiger partial charge in [-0.15, -0.1) is 0 Å². The summed E-state index contributed by atoms with van der Waals surface area (Å²) < 4.78 is 7.03. The maximum atomic E-state index is 12.2. The molecule has 0 spiro atoms. The van der Waals surface area contributed by atoms with E-state index in [4.69, 9.17) is 4.52 Å². The summed E-state index contributed by atoms with van der Waals surface area (Å²) in [7, 11) is 0. The monoisotopic (exact) mass is 377 g/mol. The standard InChI is InChI=1S/C19H19N7O2/c1-19(2,3)15-8-16(25-28-15)24-18(27)23-12-9-20-17(21-10-12)26-11-22-13-6-4-5-7-14(13)26/h4-11H,1-3H3,(H2,23,24,25,27). The van der Waals surface area contributed by atoms with Gasteiger partial charge in [0.25, 0.3) is 0 Å². The van der Waals surface area contributed by atoms with E-state index in [-0.39, 0.29) is 5.41 Å². The van der Waals surface area contributed by atoms with Crippen molar-refractivity contribution in [1.82, 2.24) is 24.7 Å². The summed E-state index contributed by atoms with van der Waals surface area (Å²) >= 11 is 0. The molecule has 4 aromatic rings. The van der Waals surface area contributed by atoms with E-state index in [2.05, 4.69) is 30.7 Å². The molecule has 9 nitrogen and oxygen atoms in total. The summed E-state index contributed by atoms with van der Waals surface area (Å²) in [4.78, 5) is 25.1. The number of benzene rings is 1. The van der Waals surface area contributed by atoms with Gasteiger partial charge in [-0.05, 0) is 12.1 Å². The van der Waals surface area contributed by atoms with Crippen LogP contribution in [0.2, 0.25) is 0 Å². The van der Waals surface area contributed by atoms with Gasteiger partial charge in [-0.25, -0.2) is 19.7 Å². The molecular formula is C19H19N7O2. The number of carbonyl (C=O) groups is 1. The van der Waals surface area contributed by atoms with Crippen LogP contribution in [0.5, 0.6) is 0 Å². The van der Waals surface area contributed by atoms with Crippen LogP contribution in [0.25, 0.3) is 17.0 Å². The third-order valence-electron chi connectivity index (χ3n) is 4.06. The molecule has 0 atom stereocenters. The first-order valence-electron chi connectivity index (χ1n) is 8.70. The zero-order chi connectivity index (χ0) is 19.7. The second kappa shape index (κ2) is 6.76. The summed E-state index contributed by atoms with van der Waals surface area (Å²) in [5, 5.41) is 9.14. The highest BCUT2D eigenvalue weighted by Gasteiger charge is 2.20. The van der Waals surface area contributed by atoms with Crippen LogP contribution in [-0.2, 0) is 5.41 Å². The van der Waals surface area contributed by atoms with Crippen LogP contribution < -0.4 is 10.6 Å². The molecule has 3 heterocycles. The fourth-order valence-corrected chi connectivity index (χ4v) is 2.59. The fraction of sp³-hybridized carbons (Fsp3) is 0.211. The normalized spacial score (nSPS) is 11.5. The van der Waals surface area contributed by atoms with Gasteiger partial charge in [0, 0.05) is 11.5 Å². The number of anilines is 2. The zero-order valence-electron chi connectivity index (χ0n) is 15.7. The summed E-state index contributed by atoms with van der Waals surface area (Å²) in [6, 6.07) is 8.94. The van der Waals surface area contributed by atoms with Crippen molar-refractivity contribution in [3.05, 3.63) is 54.8 Å². The fourth-order valence-electron chi connectivity index (χ4n) is 2.59. The zero-order valence-corrected chi connectivity index (χ0v) is 15.7. The molecular weight excluding hydrogens is 358 g/mol. The maximum Gasteiger partial charge on any atom is 0.325 e. The van der Waals surface area contributed by atoms with E-state index < -0.39 is 6.03 Å². The number of urea groups is 1. The molecule has 2 amide bonds. The van der Waals surface area contributed by atoms with Crippen molar-refractivity contribution in [3.63, 3.8) is 0 Å². The van der Waals surface area contributed by atoms with Crippen LogP contribution in [0.3, 0.4) is 0 Å². The lowest BCUT2D eigenvalue weighted by molar-refractivity contribution is 0.262. The lowest BCUT2D eigenvalue weighted by atomic mass is 9.93. The Labute approximate surface area is 160 Å². The van der Waals surface area contributed by atoms with Gasteiger partial charge < -0.3 is 9.84 Å². The third kappa shape index (κ3) is 3.54. The van der Waals surface area contributed by atoms with E-state index in [0.717, 1.165) is 11.0 Å². The largest absolute Gasteiger partial charge is 0.359 e. The summed E-state index contributed by atoms with van der Waals surface area (Å²) in [5.41, 5.74) is 2.02. The van der Waals surface area contributed by atoms with Crippen molar-refractivity contribution in [3.8, 4) is 5.95 Å². The van der Waals surface area contributed by atoms with Gasteiger partial charge in [0.2, 0.25) is 5.95 Å². The molecule has 0 aliphatic heterocycles. The van der Waals surface area contributed by atoms with Crippen LogP contribution in [-0.4, -0.2) is 30.7 Å². The highest BCUT2D eigenvalue weighted by molar-refractivity contribution is 5.98. The molecule has 0 unspecified atom stereocenters. The van der Waals surface area contributed by atoms with Gasteiger partial charge in [0.15, 0.2) is 5.82 Å². The minimum atomic E-state index is -0.460. The molecule has 0 aliphatic carbocycles. The highest BCUT2D eigenvalue weighted by Crippen LogP contribution is 2.24. The lowest BCUT2D eigenvalue weighted by Crippen LogP contribution is -2.20. The molecule has 0 radical (unpaired) electrons.